The van der Waals surface area contributed by atoms with Gasteiger partial charge in [-0.1, -0.05) is 35.5 Å². The Bertz CT molecular complexity index is 343. The van der Waals surface area contributed by atoms with E-state index in [-0.39, 0.29) is 0 Å². The highest BCUT2D eigenvalue weighted by atomic mass is 14.5. The molecule has 0 radical (unpaired) electrons. The summed E-state index contributed by atoms with van der Waals surface area (Å²) in [4.78, 5) is 0. The fourth-order valence-electron chi connectivity index (χ4n) is 3.33. The van der Waals surface area contributed by atoms with Crippen LogP contribution in [0.1, 0.15) is 46.5 Å². The van der Waals surface area contributed by atoms with E-state index < -0.39 is 0 Å². The summed E-state index contributed by atoms with van der Waals surface area (Å²) in [5.74, 6) is 0.696. The highest BCUT2D eigenvalue weighted by Crippen LogP contribution is 2.54. The van der Waals surface area contributed by atoms with Crippen molar-refractivity contribution in [1.29, 1.82) is 0 Å². The first kappa shape index (κ1) is 10.7. The van der Waals surface area contributed by atoms with E-state index in [1.807, 2.05) is 0 Å². The predicted octanol–water partition coefficient (Wildman–Crippen LogP) is 4.65. The van der Waals surface area contributed by atoms with Gasteiger partial charge in [0, 0.05) is 5.41 Å². The molecule has 0 N–H and O–H groups in total. The Morgan fingerprint density at radius 3 is 2.67 bits per heavy atom. The van der Waals surface area contributed by atoms with Crippen molar-refractivity contribution in [3.05, 3.63) is 35.5 Å². The Morgan fingerprint density at radius 2 is 2.13 bits per heavy atom. The Kier molecular flexibility index (Phi) is 2.62. The van der Waals surface area contributed by atoms with Crippen LogP contribution in [0.5, 0.6) is 0 Å². The quantitative estimate of drug-likeness (QED) is 0.543. The van der Waals surface area contributed by atoms with Gasteiger partial charge in [-0.05, 0) is 52.4 Å². The average Bonchev–Trinajstić information content (AvgIpc) is 2.50. The summed E-state index contributed by atoms with van der Waals surface area (Å²) in [6.07, 6.45) is 9.94. The lowest BCUT2D eigenvalue weighted by atomic mass is 9.64. The van der Waals surface area contributed by atoms with E-state index in [1.165, 1.54) is 31.3 Å². The highest BCUT2D eigenvalue weighted by Gasteiger charge is 2.43. The summed E-state index contributed by atoms with van der Waals surface area (Å²) in [5, 5.41) is 0. The molecule has 0 saturated carbocycles. The normalized spacial score (nSPS) is 35.3. The van der Waals surface area contributed by atoms with Gasteiger partial charge >= 0.3 is 0 Å². The van der Waals surface area contributed by atoms with Crippen LogP contribution in [0.4, 0.5) is 0 Å². The van der Waals surface area contributed by atoms with E-state index in [0.29, 0.717) is 11.3 Å². The van der Waals surface area contributed by atoms with Gasteiger partial charge in [-0.15, -0.1) is 0 Å². The number of hydrogen-bond donors (Lipinski definition) is 0. The third kappa shape index (κ3) is 1.60. The van der Waals surface area contributed by atoms with Crippen LogP contribution in [0.25, 0.3) is 0 Å². The standard InChI is InChI=1S/C15H22/c1-11(2)14-6-5-13(4)15(14)9-7-12(3)8-10-15/h5,7,14H,1,6,8-10H2,2-4H3/t14-,15-/m0/s1. The highest BCUT2D eigenvalue weighted by molar-refractivity contribution is 5.30. The van der Waals surface area contributed by atoms with Gasteiger partial charge in [0.1, 0.15) is 0 Å². The average molecular weight is 202 g/mol. The second-order valence-corrected chi connectivity index (χ2v) is 5.43. The molecule has 0 aliphatic heterocycles. The van der Waals surface area contributed by atoms with Crippen LogP contribution in [-0.2, 0) is 0 Å². The fourth-order valence-corrected chi connectivity index (χ4v) is 3.33. The zero-order valence-corrected chi connectivity index (χ0v) is 10.3. The van der Waals surface area contributed by atoms with Gasteiger partial charge in [0.25, 0.3) is 0 Å². The first-order valence-corrected chi connectivity index (χ1v) is 6.04. The molecule has 0 amide bonds. The molecule has 0 saturated heterocycles. The molecule has 0 bridgehead atoms. The van der Waals surface area contributed by atoms with Crippen LogP contribution in [-0.4, -0.2) is 0 Å². The third-order valence-electron chi connectivity index (χ3n) is 4.49. The molecule has 0 unspecified atom stereocenters. The van der Waals surface area contributed by atoms with Gasteiger partial charge in [-0.2, -0.15) is 0 Å². The lowest BCUT2D eigenvalue weighted by Gasteiger charge is -2.40. The van der Waals surface area contributed by atoms with Gasteiger partial charge in [0.15, 0.2) is 0 Å². The molecule has 0 aromatic heterocycles. The SMILES string of the molecule is C=C(C)[C@@H]1CC=C(C)[C@@]12CC=C(C)CC2. The lowest BCUT2D eigenvalue weighted by Crippen LogP contribution is -2.30. The van der Waals surface area contributed by atoms with Crippen molar-refractivity contribution in [3.8, 4) is 0 Å². The van der Waals surface area contributed by atoms with Crippen LogP contribution < -0.4 is 0 Å². The van der Waals surface area contributed by atoms with E-state index in [4.69, 9.17) is 0 Å². The first-order valence-electron chi connectivity index (χ1n) is 6.04. The molecule has 0 nitrogen and oxygen atoms in total. The summed E-state index contributed by atoms with van der Waals surface area (Å²) in [6.45, 7) is 11.0. The van der Waals surface area contributed by atoms with Gasteiger partial charge in [0.2, 0.25) is 0 Å². The van der Waals surface area contributed by atoms with Crippen LogP contribution in [0.15, 0.2) is 35.5 Å². The fraction of sp³-hybridized carbons (Fsp3) is 0.600. The van der Waals surface area contributed by atoms with E-state index in [0.717, 1.165) is 0 Å². The molecular formula is C15H22. The summed E-state index contributed by atoms with van der Waals surface area (Å²) < 4.78 is 0. The third-order valence-corrected chi connectivity index (χ3v) is 4.49. The Balaban J connectivity index is 2.31. The van der Waals surface area contributed by atoms with E-state index in [1.54, 1.807) is 11.1 Å². The molecule has 2 aliphatic rings. The van der Waals surface area contributed by atoms with Crippen molar-refractivity contribution < 1.29 is 0 Å². The van der Waals surface area contributed by atoms with Crippen molar-refractivity contribution in [2.45, 2.75) is 46.5 Å². The number of hydrogen-bond acceptors (Lipinski definition) is 0. The molecule has 2 rings (SSSR count). The molecule has 82 valence electrons. The van der Waals surface area contributed by atoms with Gasteiger partial charge in [-0.25, -0.2) is 0 Å². The van der Waals surface area contributed by atoms with Gasteiger partial charge < -0.3 is 0 Å². The Hall–Kier alpha value is -0.780. The molecule has 0 heterocycles. The van der Waals surface area contributed by atoms with Crippen LogP contribution in [0.3, 0.4) is 0 Å². The number of allylic oxidation sites excluding steroid dienone is 5. The Morgan fingerprint density at radius 1 is 1.40 bits per heavy atom. The van der Waals surface area contributed by atoms with Gasteiger partial charge in [-0.3, -0.25) is 0 Å². The van der Waals surface area contributed by atoms with Crippen molar-refractivity contribution in [2.24, 2.45) is 11.3 Å². The maximum atomic E-state index is 4.19. The molecule has 2 atom stereocenters. The van der Waals surface area contributed by atoms with Crippen LogP contribution in [0, 0.1) is 11.3 Å². The van der Waals surface area contributed by atoms with E-state index >= 15 is 0 Å². The molecule has 0 heteroatoms. The van der Waals surface area contributed by atoms with Crippen LogP contribution in [0.2, 0.25) is 0 Å². The lowest BCUT2D eigenvalue weighted by molar-refractivity contribution is 0.239. The Labute approximate surface area is 93.8 Å². The summed E-state index contributed by atoms with van der Waals surface area (Å²) in [5.41, 5.74) is 4.99. The molecular weight excluding hydrogens is 180 g/mol. The maximum Gasteiger partial charge on any atom is 0.00148 e. The monoisotopic (exact) mass is 202 g/mol. The largest absolute Gasteiger partial charge is 0.0998 e. The maximum absolute atomic E-state index is 4.19. The summed E-state index contributed by atoms with van der Waals surface area (Å²) in [7, 11) is 0. The minimum absolute atomic E-state index is 0.436. The first-order chi connectivity index (χ1) is 7.06. The number of rotatable bonds is 1. The molecule has 0 aromatic rings. The van der Waals surface area contributed by atoms with E-state index in [2.05, 4.69) is 39.5 Å². The zero-order chi connectivity index (χ0) is 11.1. The van der Waals surface area contributed by atoms with Crippen molar-refractivity contribution in [2.75, 3.05) is 0 Å². The van der Waals surface area contributed by atoms with Crippen molar-refractivity contribution >= 4 is 0 Å². The zero-order valence-electron chi connectivity index (χ0n) is 10.3. The van der Waals surface area contributed by atoms with Crippen LogP contribution >= 0.6 is 0 Å². The topological polar surface area (TPSA) is 0 Å². The smallest absolute Gasteiger partial charge is 0.00148 e. The molecule has 0 fully saturated rings. The summed E-state index contributed by atoms with van der Waals surface area (Å²) >= 11 is 0. The molecule has 0 aromatic carbocycles. The predicted molar refractivity (Wildman–Crippen MR) is 66.7 cm³/mol. The second kappa shape index (κ2) is 3.66. The second-order valence-electron chi connectivity index (χ2n) is 5.43. The van der Waals surface area contributed by atoms with Crippen molar-refractivity contribution in [1.82, 2.24) is 0 Å². The molecule has 15 heavy (non-hydrogen) atoms. The van der Waals surface area contributed by atoms with E-state index in [9.17, 15) is 0 Å². The molecule has 1 spiro atoms. The summed E-state index contributed by atoms with van der Waals surface area (Å²) in [6, 6.07) is 0. The minimum Gasteiger partial charge on any atom is -0.0998 e. The van der Waals surface area contributed by atoms with Gasteiger partial charge in [0.05, 0.1) is 0 Å². The molecule has 2 aliphatic carbocycles. The van der Waals surface area contributed by atoms with Crippen molar-refractivity contribution in [3.63, 3.8) is 0 Å². The minimum atomic E-state index is 0.436.